The third-order valence-electron chi connectivity index (χ3n) is 5.70. The average Bonchev–Trinajstić information content (AvgIpc) is 2.95. The first-order chi connectivity index (χ1) is 19.2. The molecule has 212 valence electrons. The molecule has 3 N–H and O–H groups in total. The summed E-state index contributed by atoms with van der Waals surface area (Å²) in [6.45, 7) is 2.69. The molecular formula is C29H37FN8O2. The highest BCUT2D eigenvalue weighted by Gasteiger charge is 2.20. The van der Waals surface area contributed by atoms with E-state index < -0.39 is 12.7 Å². The number of rotatable bonds is 14. The molecule has 0 bridgehead atoms. The van der Waals surface area contributed by atoms with Crippen LogP contribution in [0.2, 0.25) is 0 Å². The quantitative estimate of drug-likeness (QED) is 0.187. The van der Waals surface area contributed by atoms with Crippen molar-refractivity contribution in [2.45, 2.75) is 32.2 Å². The molecule has 1 heterocycles. The van der Waals surface area contributed by atoms with Crippen molar-refractivity contribution >= 4 is 29.3 Å². The van der Waals surface area contributed by atoms with E-state index in [-0.39, 0.29) is 11.8 Å². The highest BCUT2D eigenvalue weighted by molar-refractivity contribution is 5.92. The summed E-state index contributed by atoms with van der Waals surface area (Å²) in [5.41, 5.74) is 1.84. The lowest BCUT2D eigenvalue weighted by Gasteiger charge is -2.23. The van der Waals surface area contributed by atoms with Crippen LogP contribution in [0.25, 0.3) is 0 Å². The molecule has 1 aromatic carbocycles. The van der Waals surface area contributed by atoms with Crippen molar-refractivity contribution < 1.29 is 14.0 Å². The lowest BCUT2D eigenvalue weighted by molar-refractivity contribution is -0.135. The van der Waals surface area contributed by atoms with Crippen molar-refractivity contribution in [3.05, 3.63) is 53.7 Å². The molecule has 0 fully saturated rings. The third-order valence-corrected chi connectivity index (χ3v) is 5.70. The number of unbranched alkanes of at least 4 members (excludes halogenated alkanes) is 1. The first-order valence-corrected chi connectivity index (χ1v) is 13.0. The molecule has 0 saturated heterocycles. The molecular weight excluding hydrogens is 511 g/mol. The molecule has 0 aliphatic rings. The summed E-state index contributed by atoms with van der Waals surface area (Å²) in [5, 5.41) is 18.0. The molecule has 0 unspecified atom stereocenters. The first kappa shape index (κ1) is 31.7. The number of aromatic nitrogens is 2. The number of nitriles is 1. The largest absolute Gasteiger partial charge is 0.369 e. The summed E-state index contributed by atoms with van der Waals surface area (Å²) in [7, 11) is 5.42. The van der Waals surface area contributed by atoms with Crippen molar-refractivity contribution in [2.75, 3.05) is 58.1 Å². The number of carbonyl (C=O) groups is 2. The Kier molecular flexibility index (Phi) is 13.6. The van der Waals surface area contributed by atoms with E-state index in [1.54, 1.807) is 50.5 Å². The Morgan fingerprint density at radius 3 is 2.58 bits per heavy atom. The SMILES string of the molecule is C[C@@H](C(=O)NCCCC#Cc1cnc(Nc2ccc(C#N)cc2)nc1NCCCF)N(C)C(=O)C=CCN(C)C. The zero-order valence-electron chi connectivity index (χ0n) is 23.5. The Morgan fingerprint density at radius 1 is 1.15 bits per heavy atom. The van der Waals surface area contributed by atoms with Gasteiger partial charge < -0.3 is 25.8 Å². The first-order valence-electron chi connectivity index (χ1n) is 13.0. The van der Waals surface area contributed by atoms with E-state index in [1.165, 1.54) is 11.0 Å². The molecule has 2 aromatic rings. The average molecular weight is 549 g/mol. The van der Waals surface area contributed by atoms with Crippen LogP contribution in [0.3, 0.4) is 0 Å². The van der Waals surface area contributed by atoms with Gasteiger partial charge in [0.15, 0.2) is 0 Å². The summed E-state index contributed by atoms with van der Waals surface area (Å²) >= 11 is 0. The van der Waals surface area contributed by atoms with Crippen LogP contribution in [0.4, 0.5) is 21.8 Å². The van der Waals surface area contributed by atoms with Gasteiger partial charge in [0, 0.05) is 44.9 Å². The second kappa shape index (κ2) is 17.2. The minimum absolute atomic E-state index is 0.230. The highest BCUT2D eigenvalue weighted by atomic mass is 19.1. The zero-order chi connectivity index (χ0) is 29.3. The number of nitrogens with one attached hydrogen (secondary N) is 3. The van der Waals surface area contributed by atoms with Gasteiger partial charge >= 0.3 is 0 Å². The van der Waals surface area contributed by atoms with Crippen LogP contribution < -0.4 is 16.0 Å². The van der Waals surface area contributed by atoms with Crippen LogP contribution in [0.1, 0.15) is 37.3 Å². The van der Waals surface area contributed by atoms with Gasteiger partial charge in [-0.1, -0.05) is 17.9 Å². The lowest BCUT2D eigenvalue weighted by atomic mass is 10.2. The van der Waals surface area contributed by atoms with Crippen LogP contribution in [0, 0.1) is 23.2 Å². The zero-order valence-corrected chi connectivity index (χ0v) is 23.5. The summed E-state index contributed by atoms with van der Waals surface area (Å²) in [5.74, 6) is 6.48. The fourth-order valence-corrected chi connectivity index (χ4v) is 3.24. The molecule has 0 saturated carbocycles. The van der Waals surface area contributed by atoms with Gasteiger partial charge in [0.25, 0.3) is 0 Å². The number of benzene rings is 1. The van der Waals surface area contributed by atoms with E-state index >= 15 is 0 Å². The molecule has 1 atom stereocenters. The Hall–Kier alpha value is -4.48. The maximum atomic E-state index is 12.6. The van der Waals surface area contributed by atoms with Crippen molar-refractivity contribution in [2.24, 2.45) is 0 Å². The van der Waals surface area contributed by atoms with Gasteiger partial charge in [0.2, 0.25) is 17.8 Å². The van der Waals surface area contributed by atoms with Gasteiger partial charge in [-0.3, -0.25) is 14.0 Å². The molecule has 0 aliphatic carbocycles. The second-order valence-electron chi connectivity index (χ2n) is 9.23. The number of carbonyl (C=O) groups excluding carboxylic acids is 2. The smallest absolute Gasteiger partial charge is 0.246 e. The number of nitrogens with zero attached hydrogens (tertiary/aromatic N) is 5. The summed E-state index contributed by atoms with van der Waals surface area (Å²) in [6.07, 6.45) is 6.29. The maximum absolute atomic E-state index is 12.6. The van der Waals surface area contributed by atoms with Crippen LogP contribution in [0.5, 0.6) is 0 Å². The number of halogens is 1. The Labute approximate surface area is 235 Å². The molecule has 2 rings (SSSR count). The van der Waals surface area contributed by atoms with Crippen LogP contribution in [-0.4, -0.2) is 85.1 Å². The van der Waals surface area contributed by atoms with E-state index in [4.69, 9.17) is 5.26 Å². The molecule has 10 nitrogen and oxygen atoms in total. The molecule has 2 amide bonds. The number of alkyl halides is 1. The fraction of sp³-hybridized carbons (Fsp3) is 0.414. The van der Waals surface area contributed by atoms with Gasteiger partial charge in [0.1, 0.15) is 11.9 Å². The van der Waals surface area contributed by atoms with Crippen LogP contribution in [-0.2, 0) is 9.59 Å². The third kappa shape index (κ3) is 11.1. The van der Waals surface area contributed by atoms with Crippen LogP contribution in [0.15, 0.2) is 42.6 Å². The van der Waals surface area contributed by atoms with Gasteiger partial charge in [-0.25, -0.2) is 4.98 Å². The van der Waals surface area contributed by atoms with E-state index in [1.807, 2.05) is 19.0 Å². The van der Waals surface area contributed by atoms with Gasteiger partial charge in [0.05, 0.1) is 30.1 Å². The predicted octanol–water partition coefficient (Wildman–Crippen LogP) is 3.08. The van der Waals surface area contributed by atoms with E-state index in [9.17, 15) is 14.0 Å². The Balaban J connectivity index is 1.90. The summed E-state index contributed by atoms with van der Waals surface area (Å²) < 4.78 is 12.6. The minimum atomic E-state index is -0.603. The standard InChI is InChI=1S/C29H37FN8O2/c1-22(38(4)26(39)11-8-19-37(2)3)28(40)33-17-7-5-6-10-24-21-34-29(36-27(24)32-18-9-16-30)35-25-14-12-23(20-31)13-15-25/h8,11-15,21-22H,5,7,9,16-19H2,1-4H3,(H,33,40)(H2,32,34,35,36)/t22-/m0/s1. The minimum Gasteiger partial charge on any atom is -0.369 e. The lowest BCUT2D eigenvalue weighted by Crippen LogP contribution is -2.45. The molecule has 0 aliphatic heterocycles. The highest BCUT2D eigenvalue weighted by Crippen LogP contribution is 2.18. The summed E-state index contributed by atoms with van der Waals surface area (Å²) in [6, 6.07) is 8.35. The van der Waals surface area contributed by atoms with Crippen molar-refractivity contribution in [1.82, 2.24) is 25.1 Å². The van der Waals surface area contributed by atoms with Crippen molar-refractivity contribution in [1.29, 1.82) is 5.26 Å². The molecule has 40 heavy (non-hydrogen) atoms. The van der Waals surface area contributed by atoms with E-state index in [0.717, 1.165) is 5.69 Å². The number of anilines is 3. The molecule has 1 aromatic heterocycles. The van der Waals surface area contributed by atoms with Gasteiger partial charge in [-0.2, -0.15) is 10.2 Å². The predicted molar refractivity (Wildman–Crippen MR) is 155 cm³/mol. The van der Waals surface area contributed by atoms with E-state index in [2.05, 4.69) is 43.8 Å². The summed E-state index contributed by atoms with van der Waals surface area (Å²) in [4.78, 5) is 36.8. The van der Waals surface area contributed by atoms with Gasteiger partial charge in [-0.15, -0.1) is 0 Å². The molecule has 0 spiro atoms. The Bertz CT molecular complexity index is 1250. The van der Waals surface area contributed by atoms with Crippen molar-refractivity contribution in [3.63, 3.8) is 0 Å². The number of hydrogen-bond donors (Lipinski definition) is 3. The Morgan fingerprint density at radius 2 is 1.90 bits per heavy atom. The molecule has 11 heteroatoms. The van der Waals surface area contributed by atoms with Crippen molar-refractivity contribution in [3.8, 4) is 17.9 Å². The van der Waals surface area contributed by atoms with Crippen LogP contribution >= 0.6 is 0 Å². The number of likely N-dealkylation sites (N-methyl/N-ethyl adjacent to an activating group) is 2. The molecule has 0 radical (unpaired) electrons. The normalized spacial score (nSPS) is 11.3. The topological polar surface area (TPSA) is 126 Å². The number of amides is 2. The van der Waals surface area contributed by atoms with Gasteiger partial charge in [-0.05, 0) is 58.1 Å². The van der Waals surface area contributed by atoms with E-state index in [0.29, 0.717) is 61.8 Å². The fourth-order valence-electron chi connectivity index (χ4n) is 3.24. The maximum Gasteiger partial charge on any atom is 0.246 e. The monoisotopic (exact) mass is 548 g/mol. The number of hydrogen-bond acceptors (Lipinski definition) is 8. The second-order valence-corrected chi connectivity index (χ2v) is 9.23.